The van der Waals surface area contributed by atoms with Crippen LogP contribution < -0.4 is 10.9 Å². The summed E-state index contributed by atoms with van der Waals surface area (Å²) >= 11 is 1.64. The summed E-state index contributed by atoms with van der Waals surface area (Å²) in [5.74, 6) is 0.462. The van der Waals surface area contributed by atoms with Crippen LogP contribution in [-0.2, 0) is 24.1 Å². The second-order valence-electron chi connectivity index (χ2n) is 7.95. The number of rotatable bonds is 5. The zero-order chi connectivity index (χ0) is 20.5. The summed E-state index contributed by atoms with van der Waals surface area (Å²) in [6.07, 6.45) is 6.06. The molecule has 3 aromatic rings. The number of fused-ring (bicyclic) bond motifs is 3. The van der Waals surface area contributed by atoms with Gasteiger partial charge in [-0.1, -0.05) is 32.9 Å². The van der Waals surface area contributed by atoms with Gasteiger partial charge in [-0.15, -0.1) is 11.3 Å². The maximum absolute atomic E-state index is 13.3. The summed E-state index contributed by atoms with van der Waals surface area (Å²) < 4.78 is 1.52. The Labute approximate surface area is 174 Å². The molecule has 152 valence electrons. The lowest BCUT2D eigenvalue weighted by Crippen LogP contribution is -2.33. The first kappa shape index (κ1) is 19.8. The fourth-order valence-corrected chi connectivity index (χ4v) is 5.46. The predicted molar refractivity (Wildman–Crippen MR) is 119 cm³/mol. The van der Waals surface area contributed by atoms with Gasteiger partial charge in [-0.05, 0) is 61.3 Å². The summed E-state index contributed by atoms with van der Waals surface area (Å²) in [5, 5.41) is 3.68. The molecule has 0 spiro atoms. The van der Waals surface area contributed by atoms with Crippen LogP contribution in [0, 0.1) is 5.92 Å². The van der Waals surface area contributed by atoms with Gasteiger partial charge >= 0.3 is 0 Å². The van der Waals surface area contributed by atoms with Gasteiger partial charge in [0.15, 0.2) is 0 Å². The molecule has 1 amide bonds. The fourth-order valence-electron chi connectivity index (χ4n) is 4.12. The Bertz CT molecular complexity index is 1100. The van der Waals surface area contributed by atoms with Crippen molar-refractivity contribution in [1.29, 1.82) is 0 Å². The van der Waals surface area contributed by atoms with Crippen LogP contribution in [-0.4, -0.2) is 15.5 Å². The van der Waals surface area contributed by atoms with E-state index in [-0.39, 0.29) is 11.5 Å². The minimum Gasteiger partial charge on any atom is -0.324 e. The van der Waals surface area contributed by atoms with Gasteiger partial charge in [-0.3, -0.25) is 14.2 Å². The zero-order valence-electron chi connectivity index (χ0n) is 17.2. The normalized spacial score (nSPS) is 17.1. The van der Waals surface area contributed by atoms with E-state index in [1.54, 1.807) is 17.7 Å². The third kappa shape index (κ3) is 3.73. The Kier molecular flexibility index (Phi) is 5.54. The van der Waals surface area contributed by atoms with E-state index in [0.717, 1.165) is 47.2 Å². The number of aromatic nitrogens is 2. The number of nitrogens with one attached hydrogen (secondary N) is 1. The molecular weight excluding hydrogens is 382 g/mol. The lowest BCUT2D eigenvalue weighted by atomic mass is 9.89. The first-order chi connectivity index (χ1) is 14.0. The minimum absolute atomic E-state index is 0.0922. The van der Waals surface area contributed by atoms with E-state index in [0.29, 0.717) is 12.3 Å². The molecule has 2 heterocycles. The first-order valence-electron chi connectivity index (χ1n) is 10.4. The quantitative estimate of drug-likeness (QED) is 0.662. The molecule has 6 heteroatoms. The molecule has 0 saturated heterocycles. The van der Waals surface area contributed by atoms with Gasteiger partial charge in [-0.25, -0.2) is 4.98 Å². The van der Waals surface area contributed by atoms with Crippen molar-refractivity contribution in [2.75, 3.05) is 5.32 Å². The van der Waals surface area contributed by atoms with Crippen molar-refractivity contribution in [2.24, 2.45) is 5.92 Å². The van der Waals surface area contributed by atoms with Crippen molar-refractivity contribution in [2.45, 2.75) is 58.9 Å². The van der Waals surface area contributed by atoms with Crippen molar-refractivity contribution in [1.82, 2.24) is 9.55 Å². The van der Waals surface area contributed by atoms with E-state index >= 15 is 0 Å². The molecule has 0 fully saturated rings. The van der Waals surface area contributed by atoms with Gasteiger partial charge in [0.2, 0.25) is 5.91 Å². The van der Waals surface area contributed by atoms with Gasteiger partial charge in [0.1, 0.15) is 10.9 Å². The van der Waals surface area contributed by atoms with Crippen LogP contribution in [0.15, 0.2) is 35.4 Å². The smallest absolute Gasteiger partial charge is 0.263 e. The third-order valence-corrected chi connectivity index (χ3v) is 7.06. The van der Waals surface area contributed by atoms with Crippen LogP contribution in [0.1, 0.15) is 55.7 Å². The lowest BCUT2D eigenvalue weighted by Gasteiger charge is -2.19. The number of carbonyl (C=O) groups excluding carboxylic acids is 1. The molecule has 29 heavy (non-hydrogen) atoms. The zero-order valence-corrected chi connectivity index (χ0v) is 18.0. The Balaban J connectivity index is 1.67. The molecule has 0 saturated carbocycles. The summed E-state index contributed by atoms with van der Waals surface area (Å²) in [6.45, 7) is 6.27. The van der Waals surface area contributed by atoms with Crippen LogP contribution >= 0.6 is 11.3 Å². The summed E-state index contributed by atoms with van der Waals surface area (Å²) in [4.78, 5) is 32.9. The fraction of sp³-hybridized carbons (Fsp3) is 0.435. The number of aryl methyl sites for hydroxylation is 2. The maximum Gasteiger partial charge on any atom is 0.263 e. The molecule has 0 bridgehead atoms. The molecule has 2 aromatic heterocycles. The summed E-state index contributed by atoms with van der Waals surface area (Å²) in [5.41, 5.74) is 3.03. The van der Waals surface area contributed by atoms with Crippen LogP contribution in [0.4, 0.5) is 5.69 Å². The van der Waals surface area contributed by atoms with Gasteiger partial charge in [0.05, 0.1) is 11.7 Å². The van der Waals surface area contributed by atoms with E-state index in [4.69, 9.17) is 0 Å². The van der Waals surface area contributed by atoms with E-state index in [1.165, 1.54) is 15.0 Å². The van der Waals surface area contributed by atoms with Crippen molar-refractivity contribution < 1.29 is 4.79 Å². The second-order valence-corrected chi connectivity index (χ2v) is 9.04. The minimum atomic E-state index is -0.580. The Morgan fingerprint density at radius 3 is 2.76 bits per heavy atom. The number of benzene rings is 1. The number of hydrogen-bond donors (Lipinski definition) is 1. The number of nitrogens with zero attached hydrogens (tertiary/aromatic N) is 2. The highest BCUT2D eigenvalue weighted by molar-refractivity contribution is 7.18. The van der Waals surface area contributed by atoms with Gasteiger partial charge in [-0.2, -0.15) is 0 Å². The van der Waals surface area contributed by atoms with E-state index in [2.05, 4.69) is 24.1 Å². The highest BCUT2D eigenvalue weighted by atomic mass is 32.1. The van der Waals surface area contributed by atoms with Crippen molar-refractivity contribution in [3.8, 4) is 0 Å². The monoisotopic (exact) mass is 409 g/mol. The molecule has 1 aliphatic carbocycles. The molecule has 1 N–H and O–H groups in total. The van der Waals surface area contributed by atoms with Gasteiger partial charge in [0, 0.05) is 10.6 Å². The van der Waals surface area contributed by atoms with Gasteiger partial charge < -0.3 is 5.32 Å². The SMILES string of the molecule is CCc1ccc(NC(=O)C(CC)n2cnc3sc4c(c3c2=O)CCC(C)C4)cc1. The highest BCUT2D eigenvalue weighted by Crippen LogP contribution is 2.35. The number of carbonyl (C=O) groups is 1. The topological polar surface area (TPSA) is 64.0 Å². The van der Waals surface area contributed by atoms with Gasteiger partial charge in [0.25, 0.3) is 5.56 Å². The Hall–Kier alpha value is -2.47. The van der Waals surface area contributed by atoms with E-state index in [1.807, 2.05) is 31.2 Å². The van der Waals surface area contributed by atoms with E-state index in [9.17, 15) is 9.59 Å². The average molecular weight is 410 g/mol. The molecule has 2 atom stereocenters. The summed E-state index contributed by atoms with van der Waals surface area (Å²) in [7, 11) is 0. The number of hydrogen-bond acceptors (Lipinski definition) is 4. The largest absolute Gasteiger partial charge is 0.324 e. The van der Waals surface area contributed by atoms with Crippen LogP contribution in [0.25, 0.3) is 10.2 Å². The van der Waals surface area contributed by atoms with Crippen molar-refractivity contribution >= 4 is 33.1 Å². The molecule has 0 aliphatic heterocycles. The average Bonchev–Trinajstić information content (AvgIpc) is 3.09. The van der Waals surface area contributed by atoms with Crippen molar-refractivity contribution in [3.63, 3.8) is 0 Å². The molecule has 1 aromatic carbocycles. The van der Waals surface area contributed by atoms with Crippen LogP contribution in [0.5, 0.6) is 0 Å². The number of amides is 1. The lowest BCUT2D eigenvalue weighted by molar-refractivity contribution is -0.119. The number of thiophene rings is 1. The first-order valence-corrected chi connectivity index (χ1v) is 11.2. The molecule has 2 unspecified atom stereocenters. The van der Waals surface area contributed by atoms with Crippen LogP contribution in [0.2, 0.25) is 0 Å². The molecule has 0 radical (unpaired) electrons. The molecular formula is C23H27N3O2S. The predicted octanol–water partition coefficient (Wildman–Crippen LogP) is 4.74. The standard InChI is InChI=1S/C23H27N3O2S/c1-4-15-7-9-16(10-8-15)25-21(27)18(5-2)26-13-24-22-20(23(26)28)17-11-6-14(3)12-19(17)29-22/h7-10,13-14,18H,4-6,11-12H2,1-3H3,(H,25,27). The third-order valence-electron chi connectivity index (χ3n) is 5.90. The van der Waals surface area contributed by atoms with Crippen molar-refractivity contribution in [3.05, 3.63) is 57.0 Å². The number of anilines is 1. The second kappa shape index (κ2) is 8.11. The Morgan fingerprint density at radius 2 is 2.07 bits per heavy atom. The highest BCUT2D eigenvalue weighted by Gasteiger charge is 2.26. The molecule has 1 aliphatic rings. The van der Waals surface area contributed by atoms with Crippen LogP contribution in [0.3, 0.4) is 0 Å². The van der Waals surface area contributed by atoms with E-state index < -0.39 is 6.04 Å². The summed E-state index contributed by atoms with van der Waals surface area (Å²) in [6, 6.07) is 7.25. The molecule has 5 nitrogen and oxygen atoms in total. The molecule has 4 rings (SSSR count). The Morgan fingerprint density at radius 1 is 1.31 bits per heavy atom. The maximum atomic E-state index is 13.3.